The lowest BCUT2D eigenvalue weighted by Crippen LogP contribution is -2.60. The Morgan fingerprint density at radius 2 is 1.96 bits per heavy atom. The van der Waals surface area contributed by atoms with Crippen molar-refractivity contribution in [1.82, 2.24) is 10.2 Å². The van der Waals surface area contributed by atoms with E-state index < -0.39 is 5.54 Å². The first-order chi connectivity index (χ1) is 13.5. The number of carbonyl (C=O) groups excluding carboxylic acids is 2. The summed E-state index contributed by atoms with van der Waals surface area (Å²) in [6, 6.07) is 11.3. The lowest BCUT2D eigenvalue weighted by Gasteiger charge is -2.49. The van der Waals surface area contributed by atoms with Crippen LogP contribution in [-0.4, -0.2) is 28.8 Å². The first-order valence-corrected chi connectivity index (χ1v) is 10.2. The van der Waals surface area contributed by atoms with Gasteiger partial charge in [-0.25, -0.2) is 0 Å². The molecule has 0 saturated heterocycles. The monoisotopic (exact) mass is 380 g/mol. The van der Waals surface area contributed by atoms with E-state index in [0.29, 0.717) is 24.6 Å². The molecule has 1 saturated carbocycles. The molecule has 1 fully saturated rings. The number of rotatable bonds is 5. The Kier molecular flexibility index (Phi) is 5.00. The summed E-state index contributed by atoms with van der Waals surface area (Å²) >= 11 is 0. The average molecular weight is 380 g/mol. The number of furan rings is 1. The van der Waals surface area contributed by atoms with Crippen molar-refractivity contribution in [3.05, 3.63) is 59.5 Å². The minimum atomic E-state index is -0.487. The number of carbonyl (C=O) groups is 2. The Morgan fingerprint density at radius 1 is 1.21 bits per heavy atom. The maximum absolute atomic E-state index is 13.5. The summed E-state index contributed by atoms with van der Waals surface area (Å²) in [5, 5.41) is 3.14. The van der Waals surface area contributed by atoms with Crippen molar-refractivity contribution in [2.24, 2.45) is 5.92 Å². The quantitative estimate of drug-likeness (QED) is 0.849. The van der Waals surface area contributed by atoms with Crippen molar-refractivity contribution in [3.8, 4) is 0 Å². The van der Waals surface area contributed by atoms with E-state index in [0.717, 1.165) is 37.0 Å². The lowest BCUT2D eigenvalue weighted by atomic mass is 9.71. The molecule has 2 aliphatic rings. The Hall–Kier alpha value is -2.56. The van der Waals surface area contributed by atoms with Gasteiger partial charge in [0.15, 0.2) is 0 Å². The van der Waals surface area contributed by atoms with E-state index in [2.05, 4.69) is 19.2 Å². The van der Waals surface area contributed by atoms with Crippen molar-refractivity contribution in [2.75, 3.05) is 6.54 Å². The lowest BCUT2D eigenvalue weighted by molar-refractivity contribution is -0.126. The number of hydrogen-bond donors (Lipinski definition) is 1. The van der Waals surface area contributed by atoms with Gasteiger partial charge >= 0.3 is 0 Å². The van der Waals surface area contributed by atoms with Crippen LogP contribution in [0.3, 0.4) is 0 Å². The molecule has 1 aromatic heterocycles. The van der Waals surface area contributed by atoms with Gasteiger partial charge in [0.25, 0.3) is 5.91 Å². The normalized spacial score (nSPS) is 20.6. The summed E-state index contributed by atoms with van der Waals surface area (Å²) in [5.41, 5.74) is 1.02. The first-order valence-electron chi connectivity index (χ1n) is 10.2. The molecule has 148 valence electrons. The van der Waals surface area contributed by atoms with Crippen LogP contribution in [0.15, 0.2) is 47.1 Å². The molecule has 5 nitrogen and oxygen atoms in total. The fourth-order valence-corrected chi connectivity index (χ4v) is 4.86. The van der Waals surface area contributed by atoms with E-state index >= 15 is 0 Å². The van der Waals surface area contributed by atoms with E-state index in [-0.39, 0.29) is 17.7 Å². The predicted molar refractivity (Wildman–Crippen MR) is 107 cm³/mol. The Balaban J connectivity index is 1.80. The van der Waals surface area contributed by atoms with Crippen LogP contribution in [0.1, 0.15) is 67.1 Å². The van der Waals surface area contributed by atoms with E-state index in [1.807, 2.05) is 41.3 Å². The Bertz CT molecular complexity index is 850. The van der Waals surface area contributed by atoms with E-state index in [1.165, 1.54) is 0 Å². The van der Waals surface area contributed by atoms with Crippen LogP contribution in [0.5, 0.6) is 0 Å². The van der Waals surface area contributed by atoms with Crippen LogP contribution in [0.4, 0.5) is 0 Å². The van der Waals surface area contributed by atoms with Gasteiger partial charge in [-0.3, -0.25) is 9.59 Å². The Morgan fingerprint density at radius 3 is 2.64 bits per heavy atom. The molecule has 1 aliphatic heterocycles. The molecular formula is C23H28N2O3. The van der Waals surface area contributed by atoms with Crippen LogP contribution in [0, 0.1) is 5.92 Å². The summed E-state index contributed by atoms with van der Waals surface area (Å²) in [6.45, 7) is 5.22. The van der Waals surface area contributed by atoms with Crippen molar-refractivity contribution >= 4 is 11.8 Å². The fourth-order valence-electron chi connectivity index (χ4n) is 4.86. The second-order valence-corrected chi connectivity index (χ2v) is 8.44. The minimum Gasteiger partial charge on any atom is -0.467 e. The first kappa shape index (κ1) is 18.8. The second-order valence-electron chi connectivity index (χ2n) is 8.44. The third-order valence-corrected chi connectivity index (χ3v) is 6.13. The number of nitrogens with zero attached hydrogens (tertiary/aromatic N) is 1. The molecule has 2 aromatic rings. The molecule has 0 radical (unpaired) electrons. The highest BCUT2D eigenvalue weighted by Gasteiger charge is 2.55. The smallest absolute Gasteiger partial charge is 0.255 e. The zero-order valence-corrected chi connectivity index (χ0v) is 16.6. The van der Waals surface area contributed by atoms with Crippen molar-refractivity contribution in [2.45, 2.75) is 57.5 Å². The van der Waals surface area contributed by atoms with E-state index in [4.69, 9.17) is 4.42 Å². The average Bonchev–Trinajstić information content (AvgIpc) is 3.36. The topological polar surface area (TPSA) is 62.6 Å². The van der Waals surface area contributed by atoms with Gasteiger partial charge in [0, 0.05) is 12.1 Å². The number of amides is 2. The van der Waals surface area contributed by atoms with Gasteiger partial charge in [0.1, 0.15) is 5.76 Å². The predicted octanol–water partition coefficient (Wildman–Crippen LogP) is 4.10. The van der Waals surface area contributed by atoms with Crippen molar-refractivity contribution in [3.63, 3.8) is 0 Å². The summed E-state index contributed by atoms with van der Waals surface area (Å²) in [7, 11) is 0. The van der Waals surface area contributed by atoms with Gasteiger partial charge in [0.2, 0.25) is 5.91 Å². The highest BCUT2D eigenvalue weighted by molar-refractivity contribution is 6.02. The maximum Gasteiger partial charge on any atom is 0.255 e. The van der Waals surface area contributed by atoms with Gasteiger partial charge in [-0.1, -0.05) is 44.9 Å². The van der Waals surface area contributed by atoms with Crippen LogP contribution in [0.25, 0.3) is 0 Å². The summed E-state index contributed by atoms with van der Waals surface area (Å²) in [5.74, 6) is 0.808. The summed E-state index contributed by atoms with van der Waals surface area (Å²) in [6.07, 6.45) is 5.36. The van der Waals surface area contributed by atoms with Crippen LogP contribution in [-0.2, 0) is 11.3 Å². The molecule has 28 heavy (non-hydrogen) atoms. The zero-order valence-electron chi connectivity index (χ0n) is 16.6. The molecular weight excluding hydrogens is 352 g/mol. The summed E-state index contributed by atoms with van der Waals surface area (Å²) < 4.78 is 5.56. The molecule has 0 unspecified atom stereocenters. The highest BCUT2D eigenvalue weighted by atomic mass is 16.3. The number of hydrogen-bond acceptors (Lipinski definition) is 3. The molecule has 2 amide bonds. The highest BCUT2D eigenvalue weighted by Crippen LogP contribution is 2.50. The van der Waals surface area contributed by atoms with Crippen LogP contribution >= 0.6 is 0 Å². The zero-order chi connectivity index (χ0) is 19.7. The fraction of sp³-hybridized carbons (Fsp3) is 0.478. The Labute approximate surface area is 166 Å². The molecule has 1 N–H and O–H groups in total. The van der Waals surface area contributed by atoms with Gasteiger partial charge in [-0.2, -0.15) is 0 Å². The standard InChI is InChI=1S/C23H28N2O3/c1-16(2)14-24-21(26)20-18-9-3-4-10-19(18)22(27)25(15-17-8-7-13-28-17)23(20)11-5-6-12-23/h3-4,7-10,13,16,20H,5-6,11-12,14-15H2,1-2H3,(H,24,26)/t20-/m1/s1. The largest absolute Gasteiger partial charge is 0.467 e. The molecule has 4 rings (SSSR count). The van der Waals surface area contributed by atoms with Crippen molar-refractivity contribution in [1.29, 1.82) is 0 Å². The molecule has 2 heterocycles. The minimum absolute atomic E-state index is 0.00168. The van der Waals surface area contributed by atoms with Crippen LogP contribution < -0.4 is 5.32 Å². The molecule has 0 bridgehead atoms. The summed E-state index contributed by atoms with van der Waals surface area (Å²) in [4.78, 5) is 28.8. The molecule has 5 heteroatoms. The molecule has 1 aromatic carbocycles. The van der Waals surface area contributed by atoms with E-state index in [9.17, 15) is 9.59 Å². The van der Waals surface area contributed by atoms with Gasteiger partial charge in [0.05, 0.1) is 24.3 Å². The van der Waals surface area contributed by atoms with Crippen LogP contribution in [0.2, 0.25) is 0 Å². The third kappa shape index (κ3) is 3.13. The number of benzene rings is 1. The molecule has 1 spiro atoms. The molecule has 1 atom stereocenters. The SMILES string of the molecule is CC(C)CNC(=O)[C@H]1c2ccccc2C(=O)N(Cc2ccco2)C12CCCC2. The van der Waals surface area contributed by atoms with E-state index in [1.54, 1.807) is 6.26 Å². The van der Waals surface area contributed by atoms with Gasteiger partial charge < -0.3 is 14.6 Å². The van der Waals surface area contributed by atoms with Gasteiger partial charge in [-0.15, -0.1) is 0 Å². The number of nitrogens with one attached hydrogen (secondary N) is 1. The van der Waals surface area contributed by atoms with Gasteiger partial charge in [-0.05, 0) is 42.5 Å². The third-order valence-electron chi connectivity index (χ3n) is 6.13. The van der Waals surface area contributed by atoms with Crippen molar-refractivity contribution < 1.29 is 14.0 Å². The maximum atomic E-state index is 13.5. The molecule has 1 aliphatic carbocycles. The number of fused-ring (bicyclic) bond motifs is 1. The second kappa shape index (κ2) is 7.46.